The third-order valence-electron chi connectivity index (χ3n) is 3.79. The molecule has 0 aromatic carbocycles. The number of likely N-dealkylation sites (tertiary alicyclic amines) is 1. The Morgan fingerprint density at radius 1 is 1.40 bits per heavy atom. The van der Waals surface area contributed by atoms with Gasteiger partial charge in [0.15, 0.2) is 0 Å². The minimum Gasteiger partial charge on any atom is -0.446 e. The molecule has 108 valence electrons. The smallest absolute Gasteiger partial charge is 0.430 e. The maximum Gasteiger partial charge on any atom is 0.430 e. The van der Waals surface area contributed by atoms with Gasteiger partial charge in [-0.1, -0.05) is 6.42 Å². The van der Waals surface area contributed by atoms with Gasteiger partial charge in [0.1, 0.15) is 12.6 Å². The van der Waals surface area contributed by atoms with E-state index in [1.165, 1.54) is 24.3 Å². The summed E-state index contributed by atoms with van der Waals surface area (Å²) in [4.78, 5) is 17.2. The van der Waals surface area contributed by atoms with Crippen LogP contribution in [0.3, 0.4) is 0 Å². The molecule has 6 heteroatoms. The van der Waals surface area contributed by atoms with Crippen molar-refractivity contribution in [3.63, 3.8) is 0 Å². The van der Waals surface area contributed by atoms with Gasteiger partial charge in [-0.3, -0.25) is 0 Å². The minimum atomic E-state index is -0.352. The van der Waals surface area contributed by atoms with Gasteiger partial charge < -0.3 is 14.6 Å². The summed E-state index contributed by atoms with van der Waals surface area (Å²) in [6.45, 7) is 3.49. The fourth-order valence-corrected chi connectivity index (χ4v) is 2.71. The Labute approximate surface area is 118 Å². The fourth-order valence-electron chi connectivity index (χ4n) is 2.71. The quantitative estimate of drug-likeness (QED) is 0.851. The van der Waals surface area contributed by atoms with Crippen LogP contribution in [-0.4, -0.2) is 59.5 Å². The van der Waals surface area contributed by atoms with E-state index in [0.29, 0.717) is 6.61 Å². The van der Waals surface area contributed by atoms with Crippen molar-refractivity contribution in [2.45, 2.75) is 25.3 Å². The molecule has 0 bridgehead atoms. The molecule has 20 heavy (non-hydrogen) atoms. The zero-order chi connectivity index (χ0) is 13.8. The van der Waals surface area contributed by atoms with Gasteiger partial charge in [-0.2, -0.15) is 10.1 Å². The monoisotopic (exact) mass is 276 g/mol. The maximum absolute atomic E-state index is 11.7. The molecular formula is C14H20N4O2. The predicted octanol–water partition coefficient (Wildman–Crippen LogP) is 1.66. The second-order valence-electron chi connectivity index (χ2n) is 5.31. The number of hydrazone groups is 1. The second-order valence-corrected chi connectivity index (χ2v) is 5.31. The Morgan fingerprint density at radius 3 is 3.00 bits per heavy atom. The molecule has 2 saturated heterocycles. The summed E-state index contributed by atoms with van der Waals surface area (Å²) in [7, 11) is 0. The van der Waals surface area contributed by atoms with E-state index in [-0.39, 0.29) is 12.1 Å². The number of aromatic amines is 1. The highest BCUT2D eigenvalue weighted by molar-refractivity contribution is 5.79. The number of ether oxygens (including phenoxy) is 1. The number of carbonyl (C=O) groups is 1. The summed E-state index contributed by atoms with van der Waals surface area (Å²) in [5, 5.41) is 5.74. The average Bonchev–Trinajstić information content (AvgIpc) is 3.09. The molecule has 3 rings (SSSR count). The maximum atomic E-state index is 11.7. The van der Waals surface area contributed by atoms with Crippen molar-refractivity contribution < 1.29 is 9.53 Å². The van der Waals surface area contributed by atoms with E-state index in [9.17, 15) is 4.79 Å². The first-order valence-electron chi connectivity index (χ1n) is 7.18. The van der Waals surface area contributed by atoms with Gasteiger partial charge >= 0.3 is 6.09 Å². The lowest BCUT2D eigenvalue weighted by molar-refractivity contribution is 0.155. The number of nitrogens with zero attached hydrogens (tertiary/aromatic N) is 3. The number of hydrogen-bond donors (Lipinski definition) is 1. The number of nitrogens with one attached hydrogen (secondary N) is 1. The lowest BCUT2D eigenvalue weighted by Crippen LogP contribution is -2.42. The zero-order valence-corrected chi connectivity index (χ0v) is 11.5. The first kappa shape index (κ1) is 13.2. The van der Waals surface area contributed by atoms with Crippen molar-refractivity contribution >= 4 is 12.3 Å². The summed E-state index contributed by atoms with van der Waals surface area (Å²) in [5.41, 5.74) is 0.876. The van der Waals surface area contributed by atoms with Gasteiger partial charge in [0.2, 0.25) is 0 Å². The third-order valence-corrected chi connectivity index (χ3v) is 3.79. The van der Waals surface area contributed by atoms with Crippen molar-refractivity contribution in [1.29, 1.82) is 0 Å². The Hall–Kier alpha value is -1.82. The number of H-pyrrole nitrogens is 1. The molecule has 2 aliphatic heterocycles. The number of hydrogen-bond acceptors (Lipinski definition) is 4. The van der Waals surface area contributed by atoms with Gasteiger partial charge in [0.25, 0.3) is 0 Å². The largest absolute Gasteiger partial charge is 0.446 e. The molecule has 2 fully saturated rings. The fraction of sp³-hybridized carbons (Fsp3) is 0.571. The molecule has 1 atom stereocenters. The number of piperidine rings is 1. The molecule has 1 aromatic heterocycles. The van der Waals surface area contributed by atoms with Crippen LogP contribution in [0.15, 0.2) is 23.4 Å². The van der Waals surface area contributed by atoms with Crippen LogP contribution in [0, 0.1) is 0 Å². The summed E-state index contributed by atoms with van der Waals surface area (Å²) >= 11 is 0. The number of rotatable bonds is 4. The van der Waals surface area contributed by atoms with Crippen molar-refractivity contribution in [2.75, 3.05) is 26.2 Å². The van der Waals surface area contributed by atoms with Crippen LogP contribution in [0.25, 0.3) is 0 Å². The Balaban J connectivity index is 1.62. The van der Waals surface area contributed by atoms with Crippen LogP contribution in [0.2, 0.25) is 0 Å². The van der Waals surface area contributed by atoms with Gasteiger partial charge in [-0.25, -0.2) is 4.79 Å². The van der Waals surface area contributed by atoms with Crippen LogP contribution in [0.4, 0.5) is 4.79 Å². The Bertz CT molecular complexity index is 466. The lowest BCUT2D eigenvalue weighted by Gasteiger charge is -2.29. The summed E-state index contributed by atoms with van der Waals surface area (Å²) < 4.78 is 5.13. The number of amides is 1. The summed E-state index contributed by atoms with van der Waals surface area (Å²) in [5.74, 6) is 0. The standard InChI is InChI=1S/C14H20N4O2/c19-14-18(16-9-12-5-4-6-15-12)13(11-20-14)10-17-7-2-1-3-8-17/h4-6,9,13,15H,1-3,7-8,10-11H2. The van der Waals surface area contributed by atoms with E-state index in [1.807, 2.05) is 18.3 Å². The SMILES string of the molecule is O=C1OCC(CN2CCCCC2)N1N=Cc1ccc[nH]1. The average molecular weight is 276 g/mol. The van der Waals surface area contributed by atoms with Gasteiger partial charge in [-0.05, 0) is 38.1 Å². The second kappa shape index (κ2) is 6.09. The van der Waals surface area contributed by atoms with Crippen molar-refractivity contribution in [1.82, 2.24) is 14.9 Å². The lowest BCUT2D eigenvalue weighted by atomic mass is 10.1. The topological polar surface area (TPSA) is 60.9 Å². The molecule has 0 saturated carbocycles. The van der Waals surface area contributed by atoms with E-state index in [4.69, 9.17) is 4.74 Å². The molecule has 0 spiro atoms. The molecule has 6 nitrogen and oxygen atoms in total. The zero-order valence-electron chi connectivity index (χ0n) is 11.5. The third kappa shape index (κ3) is 3.01. The number of aromatic nitrogens is 1. The first-order chi connectivity index (χ1) is 9.83. The highest BCUT2D eigenvalue weighted by atomic mass is 16.6. The molecule has 1 amide bonds. The molecule has 2 aliphatic rings. The Kier molecular flexibility index (Phi) is 4.01. The molecule has 1 unspecified atom stereocenters. The van der Waals surface area contributed by atoms with Crippen LogP contribution in [0.1, 0.15) is 25.0 Å². The van der Waals surface area contributed by atoms with Gasteiger partial charge in [0, 0.05) is 12.7 Å². The number of carbonyl (C=O) groups excluding carboxylic acids is 1. The molecule has 1 N–H and O–H groups in total. The van der Waals surface area contributed by atoms with Gasteiger partial charge in [0.05, 0.1) is 11.9 Å². The molecule has 0 aliphatic carbocycles. The van der Waals surface area contributed by atoms with Crippen LogP contribution in [-0.2, 0) is 4.74 Å². The molecule has 1 aromatic rings. The van der Waals surface area contributed by atoms with E-state index in [0.717, 1.165) is 25.3 Å². The number of cyclic esters (lactones) is 1. The molecular weight excluding hydrogens is 256 g/mol. The van der Waals surface area contributed by atoms with E-state index in [2.05, 4.69) is 15.0 Å². The van der Waals surface area contributed by atoms with Crippen molar-refractivity contribution in [3.8, 4) is 0 Å². The van der Waals surface area contributed by atoms with Crippen molar-refractivity contribution in [3.05, 3.63) is 24.0 Å². The summed E-state index contributed by atoms with van der Waals surface area (Å²) in [6, 6.07) is 3.83. The molecule has 3 heterocycles. The normalized spacial score (nSPS) is 24.5. The highest BCUT2D eigenvalue weighted by Gasteiger charge is 2.34. The van der Waals surface area contributed by atoms with E-state index in [1.54, 1.807) is 6.21 Å². The Morgan fingerprint density at radius 2 is 2.25 bits per heavy atom. The van der Waals surface area contributed by atoms with Crippen LogP contribution in [0.5, 0.6) is 0 Å². The van der Waals surface area contributed by atoms with Gasteiger partial charge in [-0.15, -0.1) is 0 Å². The van der Waals surface area contributed by atoms with E-state index >= 15 is 0 Å². The first-order valence-corrected chi connectivity index (χ1v) is 7.18. The minimum absolute atomic E-state index is 0.0202. The van der Waals surface area contributed by atoms with Crippen molar-refractivity contribution in [2.24, 2.45) is 5.10 Å². The molecule has 0 radical (unpaired) electrons. The van der Waals surface area contributed by atoms with Crippen LogP contribution >= 0.6 is 0 Å². The predicted molar refractivity (Wildman–Crippen MR) is 75.7 cm³/mol. The van der Waals surface area contributed by atoms with E-state index < -0.39 is 0 Å². The highest BCUT2D eigenvalue weighted by Crippen LogP contribution is 2.17. The van der Waals surface area contributed by atoms with Crippen LogP contribution < -0.4 is 0 Å². The summed E-state index contributed by atoms with van der Waals surface area (Å²) in [6.07, 6.45) is 6.94.